The fourth-order valence-corrected chi connectivity index (χ4v) is 5.99. The number of imidazole rings is 1. The van der Waals surface area contributed by atoms with Crippen LogP contribution in [0.4, 0.5) is 8.78 Å². The van der Waals surface area contributed by atoms with Gasteiger partial charge >= 0.3 is 0 Å². The highest BCUT2D eigenvalue weighted by atomic mass is 28.4. The van der Waals surface area contributed by atoms with Crippen molar-refractivity contribution in [1.29, 1.82) is 0 Å². The number of aromatic nitrogens is 2. The minimum Gasteiger partial charge on any atom is -0.495 e. The van der Waals surface area contributed by atoms with Gasteiger partial charge in [-0.3, -0.25) is 4.79 Å². The Balaban J connectivity index is 1.62. The summed E-state index contributed by atoms with van der Waals surface area (Å²) in [6.45, 7) is 13.7. The van der Waals surface area contributed by atoms with E-state index in [1.165, 1.54) is 12.1 Å². The molecule has 1 aromatic heterocycles. The van der Waals surface area contributed by atoms with Crippen LogP contribution in [-0.4, -0.2) is 48.9 Å². The largest absolute Gasteiger partial charge is 0.495 e. The Morgan fingerprint density at radius 2 is 1.83 bits per heavy atom. The summed E-state index contributed by atoms with van der Waals surface area (Å²) in [5.74, 6) is -0.786. The summed E-state index contributed by atoms with van der Waals surface area (Å²) < 4.78 is 42.6. The Labute approximate surface area is 243 Å². The molecule has 2 aromatic carbocycles. The van der Waals surface area contributed by atoms with E-state index in [1.807, 2.05) is 42.0 Å². The maximum atomic E-state index is 14.3. The van der Waals surface area contributed by atoms with Crippen molar-refractivity contribution in [1.82, 2.24) is 14.5 Å². The highest BCUT2D eigenvalue weighted by Gasteiger charge is 2.38. The molecule has 1 atom stereocenters. The van der Waals surface area contributed by atoms with Crippen molar-refractivity contribution in [2.75, 3.05) is 20.3 Å². The Morgan fingerprint density at radius 3 is 2.44 bits per heavy atom. The van der Waals surface area contributed by atoms with Gasteiger partial charge < -0.3 is 18.6 Å². The molecule has 1 amide bonds. The van der Waals surface area contributed by atoms with Crippen molar-refractivity contribution in [2.45, 2.75) is 71.1 Å². The van der Waals surface area contributed by atoms with E-state index < -0.39 is 26.0 Å². The van der Waals surface area contributed by atoms with E-state index in [9.17, 15) is 13.6 Å². The van der Waals surface area contributed by atoms with Crippen LogP contribution in [0.1, 0.15) is 62.9 Å². The average Bonchev–Trinajstić information content (AvgIpc) is 3.32. The number of hydrogen-bond donors (Lipinski definition) is 0. The normalized spacial score (nSPS) is 16.4. The lowest BCUT2D eigenvalue weighted by Gasteiger charge is -2.39. The zero-order chi connectivity index (χ0) is 29.9. The van der Waals surface area contributed by atoms with Crippen molar-refractivity contribution >= 4 is 20.3 Å². The van der Waals surface area contributed by atoms with E-state index >= 15 is 0 Å². The van der Waals surface area contributed by atoms with Gasteiger partial charge in [0.25, 0.3) is 0 Å². The molecule has 9 heteroatoms. The van der Waals surface area contributed by atoms with Gasteiger partial charge in [0.1, 0.15) is 17.4 Å². The zero-order valence-electron chi connectivity index (χ0n) is 25.1. The van der Waals surface area contributed by atoms with Crippen molar-refractivity contribution < 1.29 is 22.7 Å². The SMILES string of the molecule is COc1cc(C=C2CCCN(C(CCO[Si](C)(C)C(C)(C)C)c3cc(F)cc(F)c3)C2=O)ccc1-n1cnc(C)c1. The molecule has 6 nitrogen and oxygen atoms in total. The fraction of sp³-hybridized carbons (Fsp3) is 0.438. The molecule has 1 saturated heterocycles. The minimum atomic E-state index is -2.04. The third kappa shape index (κ3) is 7.13. The van der Waals surface area contributed by atoms with Gasteiger partial charge in [-0.25, -0.2) is 13.8 Å². The summed E-state index contributed by atoms with van der Waals surface area (Å²) in [5, 5.41) is 0.0254. The van der Waals surface area contributed by atoms with Crippen LogP contribution in [0.15, 0.2) is 54.5 Å². The number of amides is 1. The number of hydrogen-bond acceptors (Lipinski definition) is 4. The number of benzene rings is 2. The predicted molar refractivity (Wildman–Crippen MR) is 161 cm³/mol. The van der Waals surface area contributed by atoms with Gasteiger partial charge in [-0.15, -0.1) is 0 Å². The maximum absolute atomic E-state index is 14.3. The molecule has 1 aliphatic heterocycles. The van der Waals surface area contributed by atoms with Crippen LogP contribution in [0.25, 0.3) is 11.8 Å². The van der Waals surface area contributed by atoms with Crippen LogP contribution < -0.4 is 4.74 Å². The predicted octanol–water partition coefficient (Wildman–Crippen LogP) is 7.63. The lowest BCUT2D eigenvalue weighted by Crippen LogP contribution is -2.43. The summed E-state index contributed by atoms with van der Waals surface area (Å²) in [5.41, 5.74) is 3.67. The molecule has 0 saturated carbocycles. The number of rotatable bonds is 9. The molecule has 3 aromatic rings. The number of piperidine rings is 1. The molecule has 41 heavy (non-hydrogen) atoms. The van der Waals surface area contributed by atoms with Crippen LogP contribution in [-0.2, 0) is 9.22 Å². The van der Waals surface area contributed by atoms with E-state index in [1.54, 1.807) is 18.3 Å². The first kappa shape index (κ1) is 30.7. The number of nitrogens with zero attached hydrogens (tertiary/aromatic N) is 3. The van der Waals surface area contributed by atoms with Crippen LogP contribution in [0.3, 0.4) is 0 Å². The first-order chi connectivity index (χ1) is 19.3. The summed E-state index contributed by atoms with van der Waals surface area (Å²) >= 11 is 0. The Kier molecular flexibility index (Phi) is 9.18. The zero-order valence-corrected chi connectivity index (χ0v) is 26.1. The fourth-order valence-electron chi connectivity index (χ4n) is 4.93. The number of halogens is 2. The van der Waals surface area contributed by atoms with Crippen molar-refractivity contribution in [3.63, 3.8) is 0 Å². The van der Waals surface area contributed by atoms with Crippen molar-refractivity contribution in [2.24, 2.45) is 0 Å². The number of likely N-dealkylation sites (tertiary alicyclic amines) is 1. The molecule has 1 aliphatic rings. The van der Waals surface area contributed by atoms with Crippen LogP contribution in [0, 0.1) is 18.6 Å². The lowest BCUT2D eigenvalue weighted by molar-refractivity contribution is -0.131. The molecule has 0 aliphatic carbocycles. The highest BCUT2D eigenvalue weighted by molar-refractivity contribution is 6.74. The summed E-state index contributed by atoms with van der Waals surface area (Å²) in [7, 11) is -0.430. The standard InChI is InChI=1S/C32H41F2N3O3Si/c1-22-20-36(21-35-22)29-11-10-23(16-30(29)39-5)15-24-9-8-13-37(31(24)38)28(25-17-26(33)19-27(34)18-25)12-14-40-41(6,7)32(2,3)4/h10-11,15-21,28H,8-9,12-14H2,1-7H3. The molecule has 4 rings (SSSR count). The van der Waals surface area contributed by atoms with Crippen LogP contribution >= 0.6 is 0 Å². The molecule has 0 N–H and O–H groups in total. The quantitative estimate of drug-likeness (QED) is 0.193. The molecular formula is C32H41F2N3O3Si. The topological polar surface area (TPSA) is 56.6 Å². The summed E-state index contributed by atoms with van der Waals surface area (Å²) in [6, 6.07) is 8.78. The number of ether oxygens (including phenoxy) is 1. The highest BCUT2D eigenvalue weighted by Crippen LogP contribution is 2.38. The molecule has 1 unspecified atom stereocenters. The van der Waals surface area contributed by atoms with E-state index in [4.69, 9.17) is 9.16 Å². The lowest BCUT2D eigenvalue weighted by atomic mass is 9.95. The maximum Gasteiger partial charge on any atom is 0.250 e. The van der Waals surface area contributed by atoms with Crippen molar-refractivity contribution in [3.8, 4) is 11.4 Å². The van der Waals surface area contributed by atoms with E-state index in [0.717, 1.165) is 29.4 Å². The molecule has 2 heterocycles. The van der Waals surface area contributed by atoms with Crippen LogP contribution in [0.5, 0.6) is 5.75 Å². The Hall–Kier alpha value is -3.30. The Bertz CT molecular complexity index is 1410. The number of aryl methyl sites for hydroxylation is 1. The van der Waals surface area contributed by atoms with Crippen LogP contribution in [0.2, 0.25) is 18.1 Å². The van der Waals surface area contributed by atoms with Gasteiger partial charge in [-0.05, 0) is 85.8 Å². The molecular weight excluding hydrogens is 540 g/mol. The second kappa shape index (κ2) is 12.3. The number of methoxy groups -OCH3 is 1. The first-order valence-electron chi connectivity index (χ1n) is 14.1. The first-order valence-corrected chi connectivity index (χ1v) is 17.0. The van der Waals surface area contributed by atoms with E-state index in [2.05, 4.69) is 38.8 Å². The van der Waals surface area contributed by atoms with Gasteiger partial charge in [0.2, 0.25) is 5.91 Å². The van der Waals surface area contributed by atoms with E-state index in [-0.39, 0.29) is 10.9 Å². The number of carbonyl (C=O) groups excluding carboxylic acids is 1. The molecule has 1 fully saturated rings. The van der Waals surface area contributed by atoms with Gasteiger partial charge in [0, 0.05) is 31.0 Å². The molecule has 0 spiro atoms. The third-order valence-corrected chi connectivity index (χ3v) is 12.8. The monoisotopic (exact) mass is 581 g/mol. The Morgan fingerprint density at radius 1 is 1.12 bits per heavy atom. The molecule has 0 bridgehead atoms. The number of carbonyl (C=O) groups is 1. The third-order valence-electron chi connectivity index (χ3n) is 8.22. The molecule has 0 radical (unpaired) electrons. The second-order valence-corrected chi connectivity index (χ2v) is 17.1. The average molecular weight is 582 g/mol. The second-order valence-electron chi connectivity index (χ2n) is 12.2. The van der Waals surface area contributed by atoms with Gasteiger partial charge in [-0.1, -0.05) is 26.8 Å². The summed E-state index contributed by atoms with van der Waals surface area (Å²) in [6.07, 6.45) is 7.35. The van der Waals surface area contributed by atoms with Gasteiger partial charge in [0.15, 0.2) is 8.32 Å². The van der Waals surface area contributed by atoms with Gasteiger partial charge in [0.05, 0.1) is 30.9 Å². The van der Waals surface area contributed by atoms with Crippen molar-refractivity contribution in [3.05, 3.63) is 83.0 Å². The minimum absolute atomic E-state index is 0.0254. The van der Waals surface area contributed by atoms with E-state index in [0.29, 0.717) is 42.9 Å². The summed E-state index contributed by atoms with van der Waals surface area (Å²) in [4.78, 5) is 19.9. The smallest absolute Gasteiger partial charge is 0.250 e. The molecule has 220 valence electrons. The van der Waals surface area contributed by atoms with Gasteiger partial charge in [-0.2, -0.15) is 0 Å².